The molecule has 1 rings (SSSR count). The van der Waals surface area contributed by atoms with E-state index in [9.17, 15) is 9.59 Å². The van der Waals surface area contributed by atoms with E-state index >= 15 is 0 Å². The molecule has 7 heteroatoms. The van der Waals surface area contributed by atoms with Gasteiger partial charge >= 0.3 is 5.97 Å². The number of carbonyl (C=O) groups is 2. The maximum atomic E-state index is 11.7. The fourth-order valence-corrected chi connectivity index (χ4v) is 1.40. The lowest BCUT2D eigenvalue weighted by Crippen LogP contribution is -2.49. The lowest BCUT2D eigenvalue weighted by molar-refractivity contribution is -0.152. The topological polar surface area (TPSA) is 94.1 Å². The van der Waals surface area contributed by atoms with Gasteiger partial charge in [0.25, 0.3) is 5.91 Å². The number of hydrogen-bond acceptors (Lipinski definition) is 5. The maximum Gasteiger partial charge on any atom is 0.326 e. The molecule has 2 atom stereocenters. The lowest BCUT2D eigenvalue weighted by Gasteiger charge is -2.23. The Balaban J connectivity index is 2.42. The van der Waals surface area contributed by atoms with Crippen LogP contribution < -0.4 is 5.32 Å². The Kier molecular flexibility index (Phi) is 5.88. The van der Waals surface area contributed by atoms with Gasteiger partial charge < -0.3 is 24.6 Å². The smallest absolute Gasteiger partial charge is 0.326 e. The second-order valence-electron chi connectivity index (χ2n) is 3.62. The first-order chi connectivity index (χ1) is 8.15. The third-order valence-electron chi connectivity index (χ3n) is 2.33. The third-order valence-corrected chi connectivity index (χ3v) is 2.33. The zero-order valence-corrected chi connectivity index (χ0v) is 9.68. The average molecular weight is 247 g/mol. The van der Waals surface area contributed by atoms with E-state index in [1.807, 2.05) is 0 Å². The number of aliphatic carboxylic acids is 1. The number of carbonyl (C=O) groups excluding carboxylic acids is 1. The van der Waals surface area contributed by atoms with E-state index in [2.05, 4.69) is 5.32 Å². The SMILES string of the molecule is COCCC(NC(=O)C1COCCO1)C(=O)O. The number of methoxy groups -OCH3 is 1. The van der Waals surface area contributed by atoms with Gasteiger partial charge in [0.15, 0.2) is 6.10 Å². The van der Waals surface area contributed by atoms with Gasteiger partial charge in [-0.25, -0.2) is 4.79 Å². The molecule has 0 bridgehead atoms. The molecule has 1 fully saturated rings. The summed E-state index contributed by atoms with van der Waals surface area (Å²) in [4.78, 5) is 22.5. The van der Waals surface area contributed by atoms with E-state index in [0.717, 1.165) is 0 Å². The first-order valence-electron chi connectivity index (χ1n) is 5.36. The van der Waals surface area contributed by atoms with Crippen molar-refractivity contribution in [3.63, 3.8) is 0 Å². The van der Waals surface area contributed by atoms with Gasteiger partial charge in [-0.2, -0.15) is 0 Å². The summed E-state index contributed by atoms with van der Waals surface area (Å²) in [6, 6.07) is -0.965. The highest BCUT2D eigenvalue weighted by Gasteiger charge is 2.27. The zero-order chi connectivity index (χ0) is 12.7. The molecule has 0 radical (unpaired) electrons. The summed E-state index contributed by atoms with van der Waals surface area (Å²) in [5, 5.41) is 11.3. The fourth-order valence-electron chi connectivity index (χ4n) is 1.40. The second kappa shape index (κ2) is 7.21. The largest absolute Gasteiger partial charge is 0.480 e. The van der Waals surface area contributed by atoms with Crippen LogP contribution in [-0.4, -0.2) is 62.7 Å². The van der Waals surface area contributed by atoms with Crippen molar-refractivity contribution in [2.75, 3.05) is 33.5 Å². The lowest BCUT2D eigenvalue weighted by atomic mass is 10.2. The highest BCUT2D eigenvalue weighted by Crippen LogP contribution is 2.02. The van der Waals surface area contributed by atoms with E-state index in [1.54, 1.807) is 0 Å². The van der Waals surface area contributed by atoms with Crippen molar-refractivity contribution in [3.05, 3.63) is 0 Å². The number of ether oxygens (including phenoxy) is 3. The van der Waals surface area contributed by atoms with Crippen LogP contribution in [0.4, 0.5) is 0 Å². The summed E-state index contributed by atoms with van der Waals surface area (Å²) in [6.07, 6.45) is -0.515. The predicted molar refractivity (Wildman–Crippen MR) is 56.6 cm³/mol. The molecular weight excluding hydrogens is 230 g/mol. The van der Waals surface area contributed by atoms with E-state index < -0.39 is 24.0 Å². The Hall–Kier alpha value is -1.18. The molecule has 0 saturated carbocycles. The van der Waals surface area contributed by atoms with Crippen LogP contribution in [0.1, 0.15) is 6.42 Å². The first-order valence-corrected chi connectivity index (χ1v) is 5.36. The van der Waals surface area contributed by atoms with Gasteiger partial charge in [-0.05, 0) is 0 Å². The molecule has 1 aliphatic heterocycles. The molecular formula is C10H17NO6. The highest BCUT2D eigenvalue weighted by molar-refractivity contribution is 5.86. The molecule has 1 heterocycles. The van der Waals surface area contributed by atoms with Crippen molar-refractivity contribution in [1.29, 1.82) is 0 Å². The van der Waals surface area contributed by atoms with Crippen LogP contribution in [-0.2, 0) is 23.8 Å². The first kappa shape index (κ1) is 13.9. The summed E-state index contributed by atoms with van der Waals surface area (Å²) in [7, 11) is 1.47. The van der Waals surface area contributed by atoms with Crippen LogP contribution in [0.5, 0.6) is 0 Å². The predicted octanol–water partition coefficient (Wildman–Crippen LogP) is -0.992. The molecule has 7 nitrogen and oxygen atoms in total. The summed E-state index contributed by atoms with van der Waals surface area (Å²) >= 11 is 0. The molecule has 98 valence electrons. The van der Waals surface area contributed by atoms with E-state index in [4.69, 9.17) is 19.3 Å². The van der Waals surface area contributed by atoms with Crippen molar-refractivity contribution in [1.82, 2.24) is 5.32 Å². The Morgan fingerprint density at radius 2 is 2.29 bits per heavy atom. The molecule has 0 spiro atoms. The van der Waals surface area contributed by atoms with Gasteiger partial charge in [0.2, 0.25) is 0 Å². The van der Waals surface area contributed by atoms with Crippen LogP contribution in [0.25, 0.3) is 0 Å². The minimum atomic E-state index is -1.09. The third kappa shape index (κ3) is 4.68. The average Bonchev–Trinajstić information content (AvgIpc) is 2.35. The standard InChI is InChI=1S/C10H17NO6/c1-15-3-2-7(10(13)14)11-9(12)8-6-16-4-5-17-8/h7-8H,2-6H2,1H3,(H,11,12)(H,13,14). The second-order valence-corrected chi connectivity index (χ2v) is 3.62. The summed E-state index contributed by atoms with van der Waals surface area (Å²) < 4.78 is 15.0. The molecule has 1 aliphatic rings. The maximum absolute atomic E-state index is 11.7. The minimum Gasteiger partial charge on any atom is -0.480 e. The van der Waals surface area contributed by atoms with Crippen LogP contribution in [0, 0.1) is 0 Å². The minimum absolute atomic E-state index is 0.155. The van der Waals surface area contributed by atoms with E-state index in [0.29, 0.717) is 13.2 Å². The Labute approximate surface area is 99.0 Å². The van der Waals surface area contributed by atoms with Gasteiger partial charge in [0, 0.05) is 20.1 Å². The summed E-state index contributed by atoms with van der Waals surface area (Å²) in [6.45, 7) is 1.21. The number of carboxylic acid groups (broad SMARTS) is 1. The van der Waals surface area contributed by atoms with Gasteiger partial charge in [0.1, 0.15) is 6.04 Å². The molecule has 2 unspecified atom stereocenters. The molecule has 17 heavy (non-hydrogen) atoms. The molecule has 2 N–H and O–H groups in total. The number of carboxylic acids is 1. The summed E-state index contributed by atoms with van der Waals surface area (Å²) in [5.74, 6) is -1.56. The van der Waals surface area contributed by atoms with Crippen molar-refractivity contribution in [2.45, 2.75) is 18.6 Å². The summed E-state index contributed by atoms with van der Waals surface area (Å²) in [5.41, 5.74) is 0. The van der Waals surface area contributed by atoms with Crippen LogP contribution in [0.15, 0.2) is 0 Å². The molecule has 0 aliphatic carbocycles. The molecule has 0 aromatic rings. The quantitative estimate of drug-likeness (QED) is 0.625. The highest BCUT2D eigenvalue weighted by atomic mass is 16.6. The van der Waals surface area contributed by atoms with Gasteiger partial charge in [0.05, 0.1) is 19.8 Å². The number of hydrogen-bond donors (Lipinski definition) is 2. The zero-order valence-electron chi connectivity index (χ0n) is 9.68. The van der Waals surface area contributed by atoms with E-state index in [-0.39, 0.29) is 19.6 Å². The molecule has 0 aromatic carbocycles. The van der Waals surface area contributed by atoms with Crippen LogP contribution in [0.3, 0.4) is 0 Å². The van der Waals surface area contributed by atoms with Crippen LogP contribution >= 0.6 is 0 Å². The molecule has 1 saturated heterocycles. The van der Waals surface area contributed by atoms with Crippen molar-refractivity contribution < 1.29 is 28.9 Å². The normalized spacial score (nSPS) is 21.8. The number of amides is 1. The van der Waals surface area contributed by atoms with Gasteiger partial charge in [-0.1, -0.05) is 0 Å². The Morgan fingerprint density at radius 3 is 2.82 bits per heavy atom. The van der Waals surface area contributed by atoms with Crippen molar-refractivity contribution in [3.8, 4) is 0 Å². The Morgan fingerprint density at radius 1 is 1.53 bits per heavy atom. The molecule has 1 amide bonds. The molecule has 0 aromatic heterocycles. The fraction of sp³-hybridized carbons (Fsp3) is 0.800. The van der Waals surface area contributed by atoms with E-state index in [1.165, 1.54) is 7.11 Å². The Bertz CT molecular complexity index is 264. The van der Waals surface area contributed by atoms with Crippen molar-refractivity contribution in [2.24, 2.45) is 0 Å². The monoisotopic (exact) mass is 247 g/mol. The number of rotatable bonds is 6. The number of nitrogens with one attached hydrogen (secondary N) is 1. The van der Waals surface area contributed by atoms with Gasteiger partial charge in [-0.3, -0.25) is 4.79 Å². The van der Waals surface area contributed by atoms with Crippen LogP contribution in [0.2, 0.25) is 0 Å². The van der Waals surface area contributed by atoms with Gasteiger partial charge in [-0.15, -0.1) is 0 Å². The van der Waals surface area contributed by atoms with Crippen molar-refractivity contribution >= 4 is 11.9 Å².